The quantitative estimate of drug-likeness (QED) is 0.782. The molecule has 0 atom stereocenters. The topological polar surface area (TPSA) is 66.5 Å². The zero-order chi connectivity index (χ0) is 19.4. The van der Waals surface area contributed by atoms with E-state index in [4.69, 9.17) is 0 Å². The number of hydrogen-bond donors (Lipinski definition) is 1. The number of nitrogens with zero attached hydrogens (tertiary/aromatic N) is 1. The molecule has 1 heterocycles. The Hall–Kier alpha value is -2.86. The van der Waals surface area contributed by atoms with E-state index in [2.05, 4.69) is 5.32 Å². The van der Waals surface area contributed by atoms with Crippen molar-refractivity contribution in [1.82, 2.24) is 4.90 Å². The van der Waals surface area contributed by atoms with Gasteiger partial charge < -0.3 is 5.32 Å². The van der Waals surface area contributed by atoms with Crippen LogP contribution in [0.2, 0.25) is 0 Å². The normalized spacial score (nSPS) is 15.5. The molecule has 0 unspecified atom stereocenters. The fourth-order valence-corrected chi connectivity index (χ4v) is 3.64. The van der Waals surface area contributed by atoms with Gasteiger partial charge in [0.05, 0.1) is 4.91 Å². The van der Waals surface area contributed by atoms with Crippen molar-refractivity contribution in [3.05, 3.63) is 70.1 Å². The van der Waals surface area contributed by atoms with E-state index in [0.717, 1.165) is 39.0 Å². The summed E-state index contributed by atoms with van der Waals surface area (Å²) >= 11 is 0.903. The molecular weight excluding hydrogens is 360 g/mol. The van der Waals surface area contributed by atoms with Crippen LogP contribution in [0.15, 0.2) is 53.4 Å². The molecule has 2 aromatic carbocycles. The molecule has 2 aromatic rings. The molecule has 0 radical (unpaired) electrons. The van der Waals surface area contributed by atoms with Crippen molar-refractivity contribution >= 4 is 40.6 Å². The number of rotatable bonds is 5. The minimum absolute atomic E-state index is 0.0595. The summed E-state index contributed by atoms with van der Waals surface area (Å²) in [6.45, 7) is 3.97. The summed E-state index contributed by atoms with van der Waals surface area (Å²) in [5.74, 6) is -0.582. The Labute approximate surface area is 162 Å². The number of imide groups is 1. The fraction of sp³-hybridized carbons (Fsp3) is 0.190. The van der Waals surface area contributed by atoms with Crippen LogP contribution in [0.3, 0.4) is 0 Å². The van der Waals surface area contributed by atoms with E-state index in [1.54, 1.807) is 6.08 Å². The first-order valence-electron chi connectivity index (χ1n) is 8.61. The maximum atomic E-state index is 12.5. The first-order valence-corrected chi connectivity index (χ1v) is 9.43. The largest absolute Gasteiger partial charge is 0.326 e. The summed E-state index contributed by atoms with van der Waals surface area (Å²) in [5, 5.41) is 2.49. The van der Waals surface area contributed by atoms with Gasteiger partial charge in [-0.25, -0.2) is 0 Å². The third kappa shape index (κ3) is 4.65. The van der Waals surface area contributed by atoms with Crippen molar-refractivity contribution in [2.45, 2.75) is 20.3 Å². The Kier molecular flexibility index (Phi) is 5.76. The van der Waals surface area contributed by atoms with Gasteiger partial charge in [-0.2, -0.15) is 0 Å². The van der Waals surface area contributed by atoms with Gasteiger partial charge in [-0.15, -0.1) is 0 Å². The second kappa shape index (κ2) is 8.22. The lowest BCUT2D eigenvalue weighted by Gasteiger charge is -2.13. The summed E-state index contributed by atoms with van der Waals surface area (Å²) in [6, 6.07) is 15.1. The van der Waals surface area contributed by atoms with Gasteiger partial charge in [0.15, 0.2) is 0 Å². The molecule has 1 saturated heterocycles. The summed E-state index contributed by atoms with van der Waals surface area (Å²) < 4.78 is 0. The zero-order valence-corrected chi connectivity index (χ0v) is 16.0. The van der Waals surface area contributed by atoms with E-state index >= 15 is 0 Å². The minimum atomic E-state index is -0.354. The average Bonchev–Trinajstić information content (AvgIpc) is 2.90. The maximum absolute atomic E-state index is 12.5. The molecule has 3 rings (SSSR count). The van der Waals surface area contributed by atoms with Gasteiger partial charge in [-0.1, -0.05) is 48.0 Å². The van der Waals surface area contributed by atoms with Crippen LogP contribution in [0, 0.1) is 13.8 Å². The van der Waals surface area contributed by atoms with Crippen LogP contribution in [-0.4, -0.2) is 28.5 Å². The monoisotopic (exact) mass is 380 g/mol. The molecular formula is C21H20N2O3S. The maximum Gasteiger partial charge on any atom is 0.293 e. The number of benzene rings is 2. The molecule has 1 aliphatic rings. The predicted molar refractivity (Wildman–Crippen MR) is 108 cm³/mol. The molecule has 1 aliphatic heterocycles. The van der Waals surface area contributed by atoms with Gasteiger partial charge in [0, 0.05) is 18.7 Å². The van der Waals surface area contributed by atoms with Crippen molar-refractivity contribution in [1.29, 1.82) is 0 Å². The Morgan fingerprint density at radius 1 is 1.11 bits per heavy atom. The van der Waals surface area contributed by atoms with Gasteiger partial charge in [-0.3, -0.25) is 19.3 Å². The lowest BCUT2D eigenvalue weighted by atomic mass is 10.1. The van der Waals surface area contributed by atoms with Crippen LogP contribution >= 0.6 is 11.8 Å². The van der Waals surface area contributed by atoms with E-state index in [0.29, 0.717) is 4.91 Å². The summed E-state index contributed by atoms with van der Waals surface area (Å²) in [4.78, 5) is 38.3. The number of carbonyl (C=O) groups is 3. The highest BCUT2D eigenvalue weighted by atomic mass is 32.2. The number of nitrogens with one attached hydrogen (secondary N) is 1. The van der Waals surface area contributed by atoms with Crippen LogP contribution in [0.1, 0.15) is 23.1 Å². The first kappa shape index (κ1) is 18.9. The average molecular weight is 380 g/mol. The van der Waals surface area contributed by atoms with Gasteiger partial charge in [-0.05, 0) is 48.9 Å². The summed E-state index contributed by atoms with van der Waals surface area (Å²) in [7, 11) is 0. The highest BCUT2D eigenvalue weighted by molar-refractivity contribution is 8.18. The van der Waals surface area contributed by atoms with Crippen molar-refractivity contribution in [3.63, 3.8) is 0 Å². The number of amides is 3. The lowest BCUT2D eigenvalue weighted by Crippen LogP contribution is -2.31. The molecule has 138 valence electrons. The molecule has 1 N–H and O–H groups in total. The summed E-state index contributed by atoms with van der Waals surface area (Å²) in [6.07, 6.45) is 1.75. The highest BCUT2D eigenvalue weighted by Gasteiger charge is 2.35. The standard InChI is InChI=1S/C21H20N2O3S/c1-14-8-9-17(15(2)12-14)22-19(24)10-11-23-20(25)18(27-21(23)26)13-16-6-4-3-5-7-16/h3-9,12-13H,10-11H2,1-2H3,(H,22,24)/b18-13-. The fourth-order valence-electron chi connectivity index (χ4n) is 2.77. The first-order chi connectivity index (χ1) is 12.9. The van der Waals surface area contributed by atoms with Crippen LogP contribution in [0.5, 0.6) is 0 Å². The molecule has 0 aliphatic carbocycles. The van der Waals surface area contributed by atoms with Crippen LogP contribution in [-0.2, 0) is 9.59 Å². The minimum Gasteiger partial charge on any atom is -0.326 e. The zero-order valence-electron chi connectivity index (χ0n) is 15.2. The molecule has 6 heteroatoms. The number of anilines is 1. The number of aryl methyl sites for hydroxylation is 2. The number of carbonyl (C=O) groups excluding carboxylic acids is 3. The van der Waals surface area contributed by atoms with Crippen molar-refractivity contribution in [2.75, 3.05) is 11.9 Å². The molecule has 0 bridgehead atoms. The van der Waals surface area contributed by atoms with E-state index in [1.807, 2.05) is 62.4 Å². The molecule has 3 amide bonds. The van der Waals surface area contributed by atoms with E-state index < -0.39 is 0 Å². The molecule has 1 fully saturated rings. The number of thioether (sulfide) groups is 1. The van der Waals surface area contributed by atoms with Crippen molar-refractivity contribution in [2.24, 2.45) is 0 Å². The Morgan fingerprint density at radius 3 is 2.56 bits per heavy atom. The Balaban J connectivity index is 1.60. The Morgan fingerprint density at radius 2 is 1.85 bits per heavy atom. The van der Waals surface area contributed by atoms with E-state index in [1.165, 1.54) is 0 Å². The highest BCUT2D eigenvalue weighted by Crippen LogP contribution is 2.32. The second-order valence-electron chi connectivity index (χ2n) is 6.36. The smallest absolute Gasteiger partial charge is 0.293 e. The molecule has 5 nitrogen and oxygen atoms in total. The van der Waals surface area contributed by atoms with Gasteiger partial charge in [0.25, 0.3) is 11.1 Å². The summed E-state index contributed by atoms with van der Waals surface area (Å²) in [5.41, 5.74) is 3.69. The molecule has 0 aromatic heterocycles. The van der Waals surface area contributed by atoms with Crippen molar-refractivity contribution < 1.29 is 14.4 Å². The third-order valence-electron chi connectivity index (χ3n) is 4.19. The lowest BCUT2D eigenvalue weighted by molar-refractivity contribution is -0.123. The van der Waals surface area contributed by atoms with E-state index in [-0.39, 0.29) is 30.0 Å². The number of hydrogen-bond acceptors (Lipinski definition) is 4. The predicted octanol–water partition coefficient (Wildman–Crippen LogP) is 4.37. The Bertz CT molecular complexity index is 922. The SMILES string of the molecule is Cc1ccc(NC(=O)CCN2C(=O)S/C(=C\c3ccccc3)C2=O)c(C)c1. The van der Waals surface area contributed by atoms with Crippen LogP contribution < -0.4 is 5.32 Å². The van der Waals surface area contributed by atoms with E-state index in [9.17, 15) is 14.4 Å². The van der Waals surface area contributed by atoms with Crippen LogP contribution in [0.25, 0.3) is 6.08 Å². The van der Waals surface area contributed by atoms with Crippen LogP contribution in [0.4, 0.5) is 10.5 Å². The molecule has 27 heavy (non-hydrogen) atoms. The van der Waals surface area contributed by atoms with Gasteiger partial charge >= 0.3 is 0 Å². The molecule has 0 saturated carbocycles. The molecule has 0 spiro atoms. The van der Waals surface area contributed by atoms with Gasteiger partial charge in [0.1, 0.15) is 0 Å². The second-order valence-corrected chi connectivity index (χ2v) is 7.35. The van der Waals surface area contributed by atoms with Gasteiger partial charge in [0.2, 0.25) is 5.91 Å². The van der Waals surface area contributed by atoms with Crippen molar-refractivity contribution in [3.8, 4) is 0 Å². The third-order valence-corrected chi connectivity index (χ3v) is 5.10.